The Morgan fingerprint density at radius 3 is 2.00 bits per heavy atom. The summed E-state index contributed by atoms with van der Waals surface area (Å²) in [5.74, 6) is -0.599. The number of diazo groups is 1. The highest BCUT2D eigenvalue weighted by Gasteiger charge is 2.20. The van der Waals surface area contributed by atoms with Crippen LogP contribution < -0.4 is 5.73 Å². The van der Waals surface area contributed by atoms with Gasteiger partial charge in [-0.3, -0.25) is 4.79 Å². The summed E-state index contributed by atoms with van der Waals surface area (Å²) in [4.78, 5) is 13.5. The normalized spacial score (nSPS) is 9.69. The monoisotopic (exact) mass is 235 g/mol. The Morgan fingerprint density at radius 2 is 1.69 bits per heavy atom. The second kappa shape index (κ2) is 5.70. The summed E-state index contributed by atoms with van der Waals surface area (Å²) in [6, 6.07) is 6.30. The number of nitrogens with zero attached hydrogens (tertiary/aromatic N) is 2. The molecule has 1 aromatic carbocycles. The van der Waals surface area contributed by atoms with Gasteiger partial charge in [-0.2, -0.15) is 0 Å². The number of rotatable bonds is 1. The van der Waals surface area contributed by atoms with Gasteiger partial charge < -0.3 is 23.0 Å². The van der Waals surface area contributed by atoms with E-state index in [1.54, 1.807) is 12.1 Å². The average Bonchev–Trinajstić information content (AvgIpc) is 2.15. The highest BCUT2D eigenvalue weighted by atomic mass is 19.5. The van der Waals surface area contributed by atoms with Crippen molar-refractivity contribution in [3.05, 3.63) is 34.8 Å². The predicted octanol–water partition coefficient (Wildman–Crippen LogP) is 2.57. The molecule has 0 saturated heterocycles. The van der Waals surface area contributed by atoms with Crippen LogP contribution in [0.25, 0.3) is 4.98 Å². The predicted molar refractivity (Wildman–Crippen MR) is 49.9 cm³/mol. The maximum atomic E-state index is 10.6. The summed E-state index contributed by atoms with van der Waals surface area (Å²) in [6.45, 7) is 0. The Kier molecular flexibility index (Phi) is 4.95. The van der Waals surface area contributed by atoms with E-state index in [1.807, 2.05) is 0 Å². The van der Waals surface area contributed by atoms with Gasteiger partial charge in [0.15, 0.2) is 4.98 Å². The van der Waals surface area contributed by atoms with Gasteiger partial charge in [-0.25, -0.2) is 0 Å². The minimum absolute atomic E-state index is 0.194. The third kappa shape index (κ3) is 6.36. The van der Waals surface area contributed by atoms with E-state index >= 15 is 0 Å². The van der Waals surface area contributed by atoms with E-state index in [1.165, 1.54) is 12.1 Å². The van der Waals surface area contributed by atoms with Crippen LogP contribution >= 0.6 is 0 Å². The van der Waals surface area contributed by atoms with Gasteiger partial charge in [-0.15, -0.1) is 0 Å². The molecule has 0 saturated carbocycles. The number of hydrogen-bond donors (Lipinski definition) is 1. The Labute approximate surface area is 87.8 Å². The number of benzene rings is 1. The molecule has 0 aliphatic heterocycles. The van der Waals surface area contributed by atoms with Crippen molar-refractivity contribution in [3.8, 4) is 0 Å². The number of primary amides is 1. The fraction of sp³-hybridized carbons (Fsp3) is 0. The molecule has 9 heteroatoms. The lowest BCUT2D eigenvalue weighted by Crippen LogP contribution is -2.10. The lowest BCUT2D eigenvalue weighted by Gasteiger charge is -1.94. The number of amides is 1. The van der Waals surface area contributed by atoms with Gasteiger partial charge in [0.25, 0.3) is 5.91 Å². The third-order valence-corrected chi connectivity index (χ3v) is 1.28. The molecular formula is C7H6BF4N3O. The van der Waals surface area contributed by atoms with Crippen molar-refractivity contribution in [2.24, 2.45) is 5.73 Å². The molecule has 0 bridgehead atoms. The molecule has 0 unspecified atom stereocenters. The standard InChI is InChI=1S/C7H5N3O.BF4/c8-7(11)5-3-1-2-4-6(5)10-9;2-1(3,4)5/h1-4H,(H-,8,11);/q;-1/p+1. The van der Waals surface area contributed by atoms with E-state index in [9.17, 15) is 22.1 Å². The van der Waals surface area contributed by atoms with Crippen LogP contribution in [0.15, 0.2) is 24.3 Å². The second-order valence-electron chi connectivity index (χ2n) is 2.48. The zero-order valence-corrected chi connectivity index (χ0v) is 7.78. The van der Waals surface area contributed by atoms with E-state index in [0.29, 0.717) is 0 Å². The molecule has 16 heavy (non-hydrogen) atoms. The topological polar surface area (TPSA) is 71.2 Å². The van der Waals surface area contributed by atoms with Crippen LogP contribution in [0.5, 0.6) is 0 Å². The first-order chi connectivity index (χ1) is 7.25. The fourth-order valence-corrected chi connectivity index (χ4v) is 0.769. The van der Waals surface area contributed by atoms with Gasteiger partial charge in [0.1, 0.15) is 5.56 Å². The summed E-state index contributed by atoms with van der Waals surface area (Å²) in [7, 11) is -6.00. The number of hydrogen-bond acceptors (Lipinski definition) is 2. The maximum absolute atomic E-state index is 10.6. The molecule has 86 valence electrons. The van der Waals surface area contributed by atoms with Crippen LogP contribution in [0.3, 0.4) is 0 Å². The van der Waals surface area contributed by atoms with Gasteiger partial charge in [0.2, 0.25) is 5.39 Å². The first kappa shape index (κ1) is 13.9. The summed E-state index contributed by atoms with van der Waals surface area (Å²) >= 11 is 0. The number of carbonyl (C=O) groups excluding carboxylic acids is 1. The van der Waals surface area contributed by atoms with Crippen molar-refractivity contribution in [2.75, 3.05) is 0 Å². The second-order valence-corrected chi connectivity index (χ2v) is 2.48. The molecule has 0 atom stereocenters. The first-order valence-corrected chi connectivity index (χ1v) is 3.87. The van der Waals surface area contributed by atoms with Crippen molar-refractivity contribution in [1.82, 2.24) is 0 Å². The van der Waals surface area contributed by atoms with Gasteiger partial charge in [-0.1, -0.05) is 12.1 Å². The Hall–Kier alpha value is -2.11. The number of carbonyl (C=O) groups is 1. The summed E-state index contributed by atoms with van der Waals surface area (Å²) < 4.78 is 39.0. The van der Waals surface area contributed by atoms with Crippen molar-refractivity contribution < 1.29 is 22.1 Å². The summed E-state index contributed by atoms with van der Waals surface area (Å²) in [5, 5.41) is 8.38. The van der Waals surface area contributed by atoms with Gasteiger partial charge >= 0.3 is 12.9 Å². The van der Waals surface area contributed by atoms with Crippen LogP contribution in [0.2, 0.25) is 0 Å². The summed E-state index contributed by atoms with van der Waals surface area (Å²) in [5.41, 5.74) is 5.39. The number of nitrogens with two attached hydrogens (primary N) is 1. The van der Waals surface area contributed by atoms with E-state index in [4.69, 9.17) is 11.1 Å². The lowest BCUT2D eigenvalue weighted by molar-refractivity contribution is 0.100. The molecule has 1 amide bonds. The average molecular weight is 235 g/mol. The zero-order chi connectivity index (χ0) is 12.8. The lowest BCUT2D eigenvalue weighted by atomic mass is 10.2. The molecule has 1 rings (SSSR count). The first-order valence-electron chi connectivity index (χ1n) is 3.87. The molecule has 0 aliphatic rings. The quantitative estimate of drug-likeness (QED) is 0.461. The highest BCUT2D eigenvalue weighted by molar-refractivity contribution is 6.50. The highest BCUT2D eigenvalue weighted by Crippen LogP contribution is 2.16. The molecule has 2 N–H and O–H groups in total. The molecule has 1 aromatic rings. The van der Waals surface area contributed by atoms with E-state index in [-0.39, 0.29) is 11.3 Å². The molecule has 0 radical (unpaired) electrons. The minimum Gasteiger partial charge on any atom is -0.418 e. The fourth-order valence-electron chi connectivity index (χ4n) is 0.769. The van der Waals surface area contributed by atoms with E-state index < -0.39 is 13.2 Å². The van der Waals surface area contributed by atoms with E-state index in [0.717, 1.165) is 0 Å². The third-order valence-electron chi connectivity index (χ3n) is 1.28. The Balaban J connectivity index is 0.000000385. The van der Waals surface area contributed by atoms with Crippen molar-refractivity contribution in [3.63, 3.8) is 0 Å². The van der Waals surface area contributed by atoms with Crippen LogP contribution in [0, 0.1) is 5.39 Å². The molecule has 4 nitrogen and oxygen atoms in total. The van der Waals surface area contributed by atoms with Gasteiger partial charge in [0.05, 0.1) is 0 Å². The van der Waals surface area contributed by atoms with Gasteiger partial charge in [0, 0.05) is 6.07 Å². The van der Waals surface area contributed by atoms with Crippen LogP contribution in [0.1, 0.15) is 10.4 Å². The Morgan fingerprint density at radius 1 is 1.25 bits per heavy atom. The molecule has 0 fully saturated rings. The summed E-state index contributed by atoms with van der Waals surface area (Å²) in [6.07, 6.45) is 0. The van der Waals surface area contributed by atoms with Crippen molar-refractivity contribution in [1.29, 1.82) is 5.39 Å². The van der Waals surface area contributed by atoms with Crippen LogP contribution in [-0.4, -0.2) is 13.2 Å². The minimum atomic E-state index is -6.00. The molecule has 0 aliphatic carbocycles. The smallest absolute Gasteiger partial charge is 0.418 e. The zero-order valence-electron chi connectivity index (χ0n) is 7.78. The molecular weight excluding hydrogens is 229 g/mol. The van der Waals surface area contributed by atoms with Crippen molar-refractivity contribution >= 4 is 18.8 Å². The molecule has 0 spiro atoms. The van der Waals surface area contributed by atoms with Gasteiger partial charge in [-0.05, 0) is 6.07 Å². The SMILES string of the molecule is F[B-](F)(F)F.N#[N+]c1ccccc1C(N)=O. The largest absolute Gasteiger partial charge is 0.673 e. The van der Waals surface area contributed by atoms with Crippen molar-refractivity contribution in [2.45, 2.75) is 0 Å². The maximum Gasteiger partial charge on any atom is 0.673 e. The molecule has 0 heterocycles. The number of halogens is 4. The Bertz CT molecular complexity index is 409. The van der Waals surface area contributed by atoms with Crippen LogP contribution in [0.4, 0.5) is 23.0 Å². The molecule has 0 aromatic heterocycles. The van der Waals surface area contributed by atoms with Crippen LogP contribution in [-0.2, 0) is 0 Å². The van der Waals surface area contributed by atoms with E-state index in [2.05, 4.69) is 4.98 Å².